The van der Waals surface area contributed by atoms with Crippen molar-refractivity contribution in [2.75, 3.05) is 12.8 Å². The molecule has 0 radical (unpaired) electrons. The third-order valence-electron chi connectivity index (χ3n) is 3.24. The van der Waals surface area contributed by atoms with Gasteiger partial charge < -0.3 is 11.1 Å². The second-order valence-corrected chi connectivity index (χ2v) is 5.66. The lowest BCUT2D eigenvalue weighted by Gasteiger charge is -2.08. The van der Waals surface area contributed by atoms with Crippen LogP contribution in [0.1, 0.15) is 21.6 Å². The molecule has 0 aliphatic heterocycles. The van der Waals surface area contributed by atoms with E-state index in [1.165, 1.54) is 24.0 Å². The predicted molar refractivity (Wildman–Crippen MR) is 96.2 cm³/mol. The fourth-order valence-electron chi connectivity index (χ4n) is 1.99. The Morgan fingerprint density at radius 2 is 2.17 bits per heavy atom. The van der Waals surface area contributed by atoms with Gasteiger partial charge in [-0.2, -0.15) is 5.26 Å². The number of aliphatic imine (C=N–C) groups is 1. The number of para-hydroxylation sites is 1. The van der Waals surface area contributed by atoms with E-state index >= 15 is 0 Å². The number of carbonyl (C=O) groups is 1. The van der Waals surface area contributed by atoms with Crippen molar-refractivity contribution < 1.29 is 4.79 Å². The summed E-state index contributed by atoms with van der Waals surface area (Å²) >= 11 is 1.38. The maximum Gasteiger partial charge on any atom is 0.269 e. The molecule has 0 saturated carbocycles. The number of thioether (sulfide) groups is 1. The highest BCUT2D eigenvalue weighted by Crippen LogP contribution is 2.20. The standard InChI is InChI=1S/C17H17N5OS/c1-24-17(19)22-14-5-3-2-4-13(14)8-9-20-16(23)15-7-6-12(10-18)11-21-15/h2-7,11H,8-9H2,1H3,(H2,19,22)(H,20,23). The minimum Gasteiger partial charge on any atom is -0.378 e. The van der Waals surface area contributed by atoms with Crippen LogP contribution in [0.4, 0.5) is 5.69 Å². The van der Waals surface area contributed by atoms with E-state index in [2.05, 4.69) is 15.3 Å². The molecule has 1 heterocycles. The van der Waals surface area contributed by atoms with Crippen molar-refractivity contribution in [2.45, 2.75) is 6.42 Å². The number of nitriles is 1. The molecule has 0 aliphatic carbocycles. The molecule has 0 spiro atoms. The van der Waals surface area contributed by atoms with Gasteiger partial charge in [0.1, 0.15) is 11.8 Å². The van der Waals surface area contributed by atoms with E-state index in [0.717, 1.165) is 11.3 Å². The summed E-state index contributed by atoms with van der Waals surface area (Å²) in [5, 5.41) is 12.0. The summed E-state index contributed by atoms with van der Waals surface area (Å²) < 4.78 is 0. The molecule has 0 aliphatic rings. The average Bonchev–Trinajstić information content (AvgIpc) is 2.63. The lowest BCUT2D eigenvalue weighted by atomic mass is 10.1. The molecule has 0 bridgehead atoms. The second kappa shape index (κ2) is 8.70. The van der Waals surface area contributed by atoms with Crippen LogP contribution in [0.3, 0.4) is 0 Å². The molecule has 1 aromatic carbocycles. The molecular formula is C17H17N5OS. The molecule has 1 amide bonds. The first-order valence-corrected chi connectivity index (χ1v) is 8.47. The zero-order valence-electron chi connectivity index (χ0n) is 13.2. The van der Waals surface area contributed by atoms with E-state index in [0.29, 0.717) is 23.7 Å². The number of hydrogen-bond acceptors (Lipinski definition) is 5. The van der Waals surface area contributed by atoms with Crippen molar-refractivity contribution in [3.8, 4) is 6.07 Å². The Kier molecular flexibility index (Phi) is 6.34. The topological polar surface area (TPSA) is 104 Å². The van der Waals surface area contributed by atoms with E-state index in [4.69, 9.17) is 11.0 Å². The first-order chi connectivity index (χ1) is 11.6. The van der Waals surface area contributed by atoms with E-state index in [-0.39, 0.29) is 11.6 Å². The molecule has 122 valence electrons. The number of rotatable bonds is 5. The first kappa shape index (κ1) is 17.5. The Balaban J connectivity index is 1.97. The molecule has 3 N–H and O–H groups in total. The molecule has 0 unspecified atom stereocenters. The van der Waals surface area contributed by atoms with Crippen LogP contribution in [0.2, 0.25) is 0 Å². The summed E-state index contributed by atoms with van der Waals surface area (Å²) in [5.41, 5.74) is 8.27. The average molecular weight is 339 g/mol. The SMILES string of the molecule is CSC(N)=Nc1ccccc1CCNC(=O)c1ccc(C#N)cn1. The number of nitrogens with zero attached hydrogens (tertiary/aromatic N) is 3. The molecule has 0 saturated heterocycles. The normalized spacial score (nSPS) is 10.9. The number of hydrogen-bond donors (Lipinski definition) is 2. The van der Waals surface area contributed by atoms with Crippen molar-refractivity contribution in [1.82, 2.24) is 10.3 Å². The number of benzene rings is 1. The summed E-state index contributed by atoms with van der Waals surface area (Å²) in [5.74, 6) is -0.274. The van der Waals surface area contributed by atoms with E-state index in [1.54, 1.807) is 6.07 Å². The van der Waals surface area contributed by atoms with Gasteiger partial charge in [0.05, 0.1) is 11.3 Å². The highest BCUT2D eigenvalue weighted by atomic mass is 32.2. The summed E-state index contributed by atoms with van der Waals surface area (Å²) in [6.07, 6.45) is 3.87. The van der Waals surface area contributed by atoms with Crippen molar-refractivity contribution in [3.63, 3.8) is 0 Å². The molecule has 6 nitrogen and oxygen atoms in total. The van der Waals surface area contributed by atoms with Gasteiger partial charge in [0, 0.05) is 12.7 Å². The van der Waals surface area contributed by atoms with Gasteiger partial charge >= 0.3 is 0 Å². The molecule has 1 aromatic heterocycles. The van der Waals surface area contributed by atoms with Gasteiger partial charge in [-0.05, 0) is 36.4 Å². The summed E-state index contributed by atoms with van der Waals surface area (Å²) in [4.78, 5) is 20.4. The lowest BCUT2D eigenvalue weighted by molar-refractivity contribution is 0.0949. The van der Waals surface area contributed by atoms with Gasteiger partial charge in [-0.1, -0.05) is 30.0 Å². The highest BCUT2D eigenvalue weighted by Gasteiger charge is 2.07. The number of nitrogens with one attached hydrogen (secondary N) is 1. The van der Waals surface area contributed by atoms with Gasteiger partial charge in [0.15, 0.2) is 5.17 Å². The van der Waals surface area contributed by atoms with Gasteiger partial charge in [0.25, 0.3) is 5.91 Å². The van der Waals surface area contributed by atoms with E-state index in [1.807, 2.05) is 36.6 Å². The molecular weight excluding hydrogens is 322 g/mol. The zero-order valence-corrected chi connectivity index (χ0v) is 14.0. The van der Waals surface area contributed by atoms with Crippen molar-refractivity contribution >= 4 is 28.5 Å². The van der Waals surface area contributed by atoms with Crippen LogP contribution in [-0.2, 0) is 6.42 Å². The number of carbonyl (C=O) groups excluding carboxylic acids is 1. The number of aromatic nitrogens is 1. The van der Waals surface area contributed by atoms with Gasteiger partial charge in [-0.15, -0.1) is 0 Å². The summed E-state index contributed by atoms with van der Waals surface area (Å²) in [7, 11) is 0. The van der Waals surface area contributed by atoms with Gasteiger partial charge in [0.2, 0.25) is 0 Å². The molecule has 2 rings (SSSR count). The first-order valence-electron chi connectivity index (χ1n) is 7.24. The molecule has 7 heteroatoms. The van der Waals surface area contributed by atoms with Crippen molar-refractivity contribution in [2.24, 2.45) is 10.7 Å². The van der Waals surface area contributed by atoms with Crippen LogP contribution in [0.5, 0.6) is 0 Å². The maximum absolute atomic E-state index is 12.0. The Labute approximate surface area is 144 Å². The Hall–Kier alpha value is -2.85. The minimum atomic E-state index is -0.274. The van der Waals surface area contributed by atoms with Crippen LogP contribution >= 0.6 is 11.8 Å². The third-order valence-corrected chi connectivity index (χ3v) is 3.75. The Morgan fingerprint density at radius 1 is 1.38 bits per heavy atom. The number of pyridine rings is 1. The van der Waals surface area contributed by atoms with Gasteiger partial charge in [-0.3, -0.25) is 4.79 Å². The lowest BCUT2D eigenvalue weighted by Crippen LogP contribution is -2.26. The fourth-order valence-corrected chi connectivity index (χ4v) is 2.18. The monoisotopic (exact) mass is 339 g/mol. The number of amidine groups is 1. The minimum absolute atomic E-state index is 0.274. The molecule has 24 heavy (non-hydrogen) atoms. The molecule has 0 atom stereocenters. The van der Waals surface area contributed by atoms with Gasteiger partial charge in [-0.25, -0.2) is 9.98 Å². The quantitative estimate of drug-likeness (QED) is 0.642. The van der Waals surface area contributed by atoms with Crippen molar-refractivity contribution in [3.05, 3.63) is 59.4 Å². The van der Waals surface area contributed by atoms with Crippen molar-refractivity contribution in [1.29, 1.82) is 5.26 Å². The Morgan fingerprint density at radius 3 is 2.83 bits per heavy atom. The zero-order chi connectivity index (χ0) is 17.4. The van der Waals surface area contributed by atoms with Crippen LogP contribution in [0.25, 0.3) is 0 Å². The summed E-state index contributed by atoms with van der Waals surface area (Å²) in [6.45, 7) is 0.451. The Bertz CT molecular complexity index is 780. The molecule has 0 fully saturated rings. The highest BCUT2D eigenvalue weighted by molar-refractivity contribution is 8.13. The second-order valence-electron chi connectivity index (χ2n) is 4.83. The van der Waals surface area contributed by atoms with Crippen LogP contribution in [0.15, 0.2) is 47.6 Å². The molecule has 2 aromatic rings. The number of amides is 1. The number of nitrogens with two attached hydrogens (primary N) is 1. The predicted octanol–water partition coefficient (Wildman–Crippen LogP) is 2.23. The van der Waals surface area contributed by atoms with Crippen LogP contribution in [0, 0.1) is 11.3 Å². The van der Waals surface area contributed by atoms with E-state index < -0.39 is 0 Å². The van der Waals surface area contributed by atoms with Crippen LogP contribution < -0.4 is 11.1 Å². The van der Waals surface area contributed by atoms with E-state index in [9.17, 15) is 4.79 Å². The fraction of sp³-hybridized carbons (Fsp3) is 0.176. The third kappa shape index (κ3) is 4.83. The van der Waals surface area contributed by atoms with Crippen LogP contribution in [-0.4, -0.2) is 28.9 Å². The summed E-state index contributed by atoms with van der Waals surface area (Å²) in [6, 6.07) is 12.7. The largest absolute Gasteiger partial charge is 0.378 e. The smallest absolute Gasteiger partial charge is 0.269 e. The maximum atomic E-state index is 12.0.